The van der Waals surface area contributed by atoms with E-state index in [4.69, 9.17) is 9.59 Å². The second kappa shape index (κ2) is 8.39. The van der Waals surface area contributed by atoms with Crippen LogP contribution in [0.15, 0.2) is 67.1 Å². The number of aromatic nitrogens is 4. The fourth-order valence-corrected chi connectivity index (χ4v) is 3.67. The van der Waals surface area contributed by atoms with E-state index in [1.165, 1.54) is 0 Å². The second-order valence-electron chi connectivity index (χ2n) is 7.32. The van der Waals surface area contributed by atoms with Crippen LogP contribution in [0.4, 0.5) is 5.95 Å². The van der Waals surface area contributed by atoms with Gasteiger partial charge in [-0.05, 0) is 19.1 Å². The molecule has 1 saturated heterocycles. The molecule has 5 rings (SSSR count). The highest BCUT2D eigenvalue weighted by Gasteiger charge is 2.47. The molecular formula is C23H19N5O3. The molecule has 31 heavy (non-hydrogen) atoms. The van der Waals surface area contributed by atoms with Crippen molar-refractivity contribution in [3.05, 3.63) is 78.4 Å². The van der Waals surface area contributed by atoms with Crippen molar-refractivity contribution in [3.63, 3.8) is 0 Å². The third-order valence-electron chi connectivity index (χ3n) is 5.09. The molecule has 0 radical (unpaired) electrons. The maximum Gasteiger partial charge on any atom is 0.373 e. The largest absolute Gasteiger partial charge is 0.380 e. The van der Waals surface area contributed by atoms with E-state index in [1.54, 1.807) is 12.4 Å². The Kier molecular flexibility index (Phi) is 5.49. The van der Waals surface area contributed by atoms with Crippen molar-refractivity contribution in [1.82, 2.24) is 19.9 Å². The summed E-state index contributed by atoms with van der Waals surface area (Å²) in [5.74, 6) is 0.615. The molecule has 0 bridgehead atoms. The molecule has 154 valence electrons. The minimum atomic E-state index is -1.08. The van der Waals surface area contributed by atoms with Gasteiger partial charge in [0.15, 0.2) is 0 Å². The van der Waals surface area contributed by atoms with Crippen molar-refractivity contribution in [2.75, 3.05) is 18.0 Å². The molecule has 0 aliphatic carbocycles. The lowest BCUT2D eigenvalue weighted by Crippen LogP contribution is -2.60. The van der Waals surface area contributed by atoms with E-state index in [9.17, 15) is 5.11 Å². The SMILES string of the molecule is Cc1cccc(-c2nccnc2C2(O)CN(c3ncc4ccccc4n3)C2)c1.O=C=O. The summed E-state index contributed by atoms with van der Waals surface area (Å²) in [6.07, 6.45) is 5.35. The van der Waals surface area contributed by atoms with Gasteiger partial charge in [0.05, 0.1) is 24.3 Å². The number of hydrogen-bond donors (Lipinski definition) is 1. The third-order valence-corrected chi connectivity index (χ3v) is 5.09. The van der Waals surface area contributed by atoms with Crippen LogP contribution in [0.2, 0.25) is 0 Å². The Labute approximate surface area is 178 Å². The Morgan fingerprint density at radius 3 is 2.52 bits per heavy atom. The Morgan fingerprint density at radius 2 is 1.74 bits per heavy atom. The number of para-hydroxylation sites is 1. The first kappa shape index (κ1) is 20.3. The molecule has 8 heteroatoms. The zero-order chi connectivity index (χ0) is 21.8. The first-order valence-corrected chi connectivity index (χ1v) is 9.61. The highest BCUT2D eigenvalue weighted by Crippen LogP contribution is 2.37. The molecule has 3 heterocycles. The number of fused-ring (bicyclic) bond motifs is 1. The predicted molar refractivity (Wildman–Crippen MR) is 113 cm³/mol. The molecule has 8 nitrogen and oxygen atoms in total. The smallest absolute Gasteiger partial charge is 0.373 e. The fourth-order valence-electron chi connectivity index (χ4n) is 3.67. The van der Waals surface area contributed by atoms with E-state index in [1.807, 2.05) is 60.5 Å². The Hall–Kier alpha value is -4.00. The minimum Gasteiger partial charge on any atom is -0.380 e. The van der Waals surface area contributed by atoms with Crippen molar-refractivity contribution >= 4 is 23.0 Å². The van der Waals surface area contributed by atoms with Crippen LogP contribution in [0.3, 0.4) is 0 Å². The van der Waals surface area contributed by atoms with Crippen LogP contribution < -0.4 is 4.90 Å². The monoisotopic (exact) mass is 413 g/mol. The van der Waals surface area contributed by atoms with E-state index < -0.39 is 5.60 Å². The van der Waals surface area contributed by atoms with Gasteiger partial charge in [-0.25, -0.2) is 9.97 Å². The lowest BCUT2D eigenvalue weighted by molar-refractivity contribution is -0.191. The molecule has 1 aliphatic rings. The molecule has 0 atom stereocenters. The van der Waals surface area contributed by atoms with E-state index >= 15 is 0 Å². The maximum atomic E-state index is 11.2. The summed E-state index contributed by atoms with van der Waals surface area (Å²) in [6.45, 7) is 2.79. The van der Waals surface area contributed by atoms with Crippen molar-refractivity contribution in [2.45, 2.75) is 12.5 Å². The topological polar surface area (TPSA) is 109 Å². The van der Waals surface area contributed by atoms with Crippen molar-refractivity contribution < 1.29 is 14.7 Å². The summed E-state index contributed by atoms with van der Waals surface area (Å²) in [6, 6.07) is 15.9. The van der Waals surface area contributed by atoms with Gasteiger partial charge in [0.1, 0.15) is 11.3 Å². The molecule has 0 spiro atoms. The molecular weight excluding hydrogens is 394 g/mol. The molecule has 0 amide bonds. The zero-order valence-electron chi connectivity index (χ0n) is 16.8. The molecule has 4 aromatic rings. The van der Waals surface area contributed by atoms with Gasteiger partial charge in [0.2, 0.25) is 5.95 Å². The fraction of sp³-hybridized carbons (Fsp3) is 0.174. The summed E-state index contributed by atoms with van der Waals surface area (Å²) in [4.78, 5) is 36.3. The van der Waals surface area contributed by atoms with Gasteiger partial charge < -0.3 is 10.0 Å². The molecule has 1 aliphatic heterocycles. The van der Waals surface area contributed by atoms with E-state index in [0.717, 1.165) is 22.0 Å². The zero-order valence-corrected chi connectivity index (χ0v) is 16.8. The van der Waals surface area contributed by atoms with Gasteiger partial charge in [-0.3, -0.25) is 9.97 Å². The van der Waals surface area contributed by atoms with E-state index in [2.05, 4.69) is 26.0 Å². The van der Waals surface area contributed by atoms with E-state index in [0.29, 0.717) is 30.4 Å². The first-order chi connectivity index (χ1) is 15.0. The van der Waals surface area contributed by atoms with Gasteiger partial charge in [-0.2, -0.15) is 9.59 Å². The lowest BCUT2D eigenvalue weighted by Gasteiger charge is -2.46. The van der Waals surface area contributed by atoms with Gasteiger partial charge in [0, 0.05) is 29.5 Å². The van der Waals surface area contributed by atoms with Gasteiger partial charge in [-0.1, -0.05) is 42.0 Å². The molecule has 1 fully saturated rings. The van der Waals surface area contributed by atoms with Gasteiger partial charge >= 0.3 is 6.15 Å². The normalized spacial score (nSPS) is 14.2. The lowest BCUT2D eigenvalue weighted by atomic mass is 9.87. The van der Waals surface area contributed by atoms with Crippen LogP contribution >= 0.6 is 0 Å². The Bertz CT molecular complexity index is 1260. The summed E-state index contributed by atoms with van der Waals surface area (Å²) in [7, 11) is 0. The molecule has 2 aromatic heterocycles. The number of aryl methyl sites for hydroxylation is 1. The number of rotatable bonds is 3. The molecule has 0 saturated carbocycles. The average molecular weight is 413 g/mol. The number of hydrogen-bond acceptors (Lipinski definition) is 8. The number of benzene rings is 2. The van der Waals surface area contributed by atoms with E-state index in [-0.39, 0.29) is 6.15 Å². The molecule has 1 N–H and O–H groups in total. The van der Waals surface area contributed by atoms with Crippen LogP contribution in [0.1, 0.15) is 11.3 Å². The summed E-state index contributed by atoms with van der Waals surface area (Å²) >= 11 is 0. The number of nitrogens with zero attached hydrogens (tertiary/aromatic N) is 5. The number of carbonyl (C=O) groups excluding carboxylic acids is 2. The van der Waals surface area contributed by atoms with Crippen LogP contribution in [-0.4, -0.2) is 44.3 Å². The number of aliphatic hydroxyl groups is 1. The van der Waals surface area contributed by atoms with Gasteiger partial charge in [-0.15, -0.1) is 0 Å². The summed E-state index contributed by atoms with van der Waals surface area (Å²) < 4.78 is 0. The first-order valence-electron chi connectivity index (χ1n) is 9.61. The second-order valence-corrected chi connectivity index (χ2v) is 7.32. The maximum absolute atomic E-state index is 11.2. The average Bonchev–Trinajstić information content (AvgIpc) is 2.77. The number of anilines is 1. The highest BCUT2D eigenvalue weighted by molar-refractivity contribution is 5.78. The third kappa shape index (κ3) is 4.02. The van der Waals surface area contributed by atoms with Crippen LogP contribution in [0.5, 0.6) is 0 Å². The standard InChI is InChI=1S/C22H19N5O.CO2/c1-15-5-4-7-16(11-15)19-20(24-10-9-23-19)22(28)13-27(14-22)21-25-12-17-6-2-3-8-18(17)26-21;2-1-3/h2-12,28H,13-14H2,1H3;. The molecule has 2 aromatic carbocycles. The minimum absolute atomic E-state index is 0.250. The highest BCUT2D eigenvalue weighted by atomic mass is 16.3. The Balaban J connectivity index is 0.000000730. The molecule has 0 unspecified atom stereocenters. The quantitative estimate of drug-likeness (QED) is 0.546. The van der Waals surface area contributed by atoms with Crippen LogP contribution in [-0.2, 0) is 15.2 Å². The van der Waals surface area contributed by atoms with Crippen molar-refractivity contribution in [3.8, 4) is 11.3 Å². The number of β-amino-alcohol motifs (C(OH)–C–C–N with tert-alkyl or cyclic N) is 1. The van der Waals surface area contributed by atoms with Gasteiger partial charge in [0.25, 0.3) is 0 Å². The Morgan fingerprint density at radius 1 is 1.00 bits per heavy atom. The van der Waals surface area contributed by atoms with Crippen LogP contribution in [0, 0.1) is 6.92 Å². The summed E-state index contributed by atoms with van der Waals surface area (Å²) in [5.41, 5.74) is 3.22. The summed E-state index contributed by atoms with van der Waals surface area (Å²) in [5, 5.41) is 12.2. The van der Waals surface area contributed by atoms with Crippen molar-refractivity contribution in [2.24, 2.45) is 0 Å². The predicted octanol–water partition coefficient (Wildman–Crippen LogP) is 2.52. The van der Waals surface area contributed by atoms with Crippen molar-refractivity contribution in [1.29, 1.82) is 0 Å². The van der Waals surface area contributed by atoms with Crippen LogP contribution in [0.25, 0.3) is 22.2 Å².